The van der Waals surface area contributed by atoms with Gasteiger partial charge in [0.2, 0.25) is 46.3 Å². The molecule has 12 rings (SSSR count). The first-order valence-electron chi connectivity index (χ1n) is 30.2. The molecule has 0 saturated heterocycles. The van der Waals surface area contributed by atoms with Crippen molar-refractivity contribution in [1.29, 1.82) is 0 Å². The number of nitrogens with zero attached hydrogens (tertiary/aromatic N) is 24. The number of ketones is 8. The van der Waals surface area contributed by atoms with E-state index in [0.717, 1.165) is 54.6 Å². The van der Waals surface area contributed by atoms with E-state index in [9.17, 15) is 92.8 Å². The van der Waals surface area contributed by atoms with Crippen LogP contribution in [-0.4, -0.2) is 90.2 Å². The second kappa shape index (κ2) is 26.6. The number of phenols is 2. The lowest BCUT2D eigenvalue weighted by molar-refractivity contribution is -0.112. The SMILES string of the molecule is CC1(C)CC2(CC(C)(C)c3c(OS(=O)(=O)c4cccc5c4C(N=[N+]=[N-])=C(N=[N+]=[N-])C(=O)C5=O)cc(OS(=O)(=O)c4cccc5c4C(N=[N+]=[N-])=C(N=[N+]=[N-])C(=O)C5=O)c(OS(=O)(=O)c4cccc5c4C(N=[N+]=[N-])=C(N=[N+]=[N-])C(=O)C5=O)c32)c2c(O)c(O)cc(OS(=O)(=O)c3cccc4c3C(N=[N+]=[N-])=C(N=[N+]=[N-])C(=O)C4=O)c21. The highest BCUT2D eigenvalue weighted by Crippen LogP contribution is 2.71. The number of allylic oxidation sites excluding steroid dienone is 4. The Labute approximate surface area is 615 Å². The summed E-state index contributed by atoms with van der Waals surface area (Å²) in [4.78, 5) is 124. The maximum Gasteiger partial charge on any atom is 0.339 e. The number of phenolic OH excluding ortho intramolecular Hbond substituents is 2. The molecule has 0 aliphatic heterocycles. The highest BCUT2D eigenvalue weighted by Gasteiger charge is 2.63. The number of hydrogen-bond acceptors (Lipinski definition) is 30. The molecule has 0 heterocycles. The first kappa shape index (κ1) is 75.4. The molecule has 0 bridgehead atoms. The lowest BCUT2D eigenvalue weighted by Crippen LogP contribution is -2.28. The number of benzene rings is 6. The van der Waals surface area contributed by atoms with Crippen LogP contribution in [-0.2, 0) is 75.9 Å². The van der Waals surface area contributed by atoms with Gasteiger partial charge in [-0.3, -0.25) is 38.4 Å². The molecule has 6 aromatic carbocycles. The van der Waals surface area contributed by atoms with Crippen LogP contribution in [0.5, 0.6) is 34.5 Å². The van der Waals surface area contributed by atoms with Crippen LogP contribution in [0.25, 0.3) is 106 Å². The van der Waals surface area contributed by atoms with Crippen LogP contribution in [0.15, 0.2) is 168 Å². The lowest BCUT2D eigenvalue weighted by Gasteiger charge is -2.32. The monoisotopic (exact) mass is 1580 g/mol. The zero-order chi connectivity index (χ0) is 80.9. The van der Waals surface area contributed by atoms with E-state index in [2.05, 4.69) is 80.2 Å². The fraction of sp³-hybridized carbons (Fsp3) is 0.148. The van der Waals surface area contributed by atoms with Crippen molar-refractivity contribution in [3.8, 4) is 34.5 Å². The van der Waals surface area contributed by atoms with Gasteiger partial charge in [-0.05, 0) is 92.2 Å². The predicted molar refractivity (Wildman–Crippen MR) is 368 cm³/mol. The Bertz CT molecular complexity index is 6730. The van der Waals surface area contributed by atoms with Gasteiger partial charge in [0, 0.05) is 124 Å². The topological polar surface area (TPSA) is 741 Å². The second-order valence-electron chi connectivity index (χ2n) is 24.9. The number of fused-ring (bicyclic) bond motifs is 8. The van der Waals surface area contributed by atoms with Gasteiger partial charge in [-0.25, -0.2) is 0 Å². The molecule has 0 amide bonds. The van der Waals surface area contributed by atoms with Gasteiger partial charge in [-0.2, -0.15) is 33.7 Å². The van der Waals surface area contributed by atoms with Crippen LogP contribution in [0.1, 0.15) is 126 Å². The number of Topliss-reactive ketones (excluding diaryl/α,β-unsaturated/α-hetero) is 8. The molecule has 0 saturated carbocycles. The molecule has 50 heteroatoms. The highest BCUT2D eigenvalue weighted by atomic mass is 32.2. The number of aromatic hydroxyl groups is 2. The van der Waals surface area contributed by atoms with Crippen LogP contribution in [0.4, 0.5) is 0 Å². The van der Waals surface area contributed by atoms with Crippen LogP contribution in [0.2, 0.25) is 0 Å². The molecule has 2 N–H and O–H groups in total. The molecule has 1 spiro atoms. The Morgan fingerprint density at radius 3 is 0.874 bits per heavy atom. The third kappa shape index (κ3) is 11.6. The Hall–Kier alpha value is -15.3. The molecule has 6 aromatic rings. The molecule has 6 aliphatic carbocycles. The number of carbonyl (C=O) groups excluding carboxylic acids is 8. The van der Waals surface area contributed by atoms with Crippen molar-refractivity contribution < 1.29 is 99.0 Å². The third-order valence-corrected chi connectivity index (χ3v) is 23.0. The molecule has 0 fully saturated rings. The summed E-state index contributed by atoms with van der Waals surface area (Å²) in [6, 6.07) is 10.2. The number of rotatable bonds is 20. The van der Waals surface area contributed by atoms with Gasteiger partial charge in [0.05, 0.1) is 45.6 Å². The smallest absolute Gasteiger partial charge is 0.339 e. The zero-order valence-corrected chi connectivity index (χ0v) is 58.7. The summed E-state index contributed by atoms with van der Waals surface area (Å²) >= 11 is 0. The van der Waals surface area contributed by atoms with Crippen molar-refractivity contribution >= 4 is 110 Å². The number of carbonyl (C=O) groups is 8. The Morgan fingerprint density at radius 1 is 0.333 bits per heavy atom. The lowest BCUT2D eigenvalue weighted by atomic mass is 9.72. The summed E-state index contributed by atoms with van der Waals surface area (Å²) in [5.41, 5.74) is 50.4. The summed E-state index contributed by atoms with van der Waals surface area (Å²) in [5, 5.41) is 51.0. The molecular formula is C61H32N24O22S4. The van der Waals surface area contributed by atoms with Gasteiger partial charge in [-0.15, -0.1) is 0 Å². The maximum absolute atomic E-state index is 16.1. The Balaban J connectivity index is 1.23. The van der Waals surface area contributed by atoms with Crippen molar-refractivity contribution in [2.45, 2.75) is 76.4 Å². The van der Waals surface area contributed by atoms with E-state index in [1.165, 1.54) is 27.7 Å². The van der Waals surface area contributed by atoms with Crippen molar-refractivity contribution in [1.82, 2.24) is 0 Å². The molecule has 1 atom stereocenters. The first-order chi connectivity index (χ1) is 52.4. The molecule has 0 radical (unpaired) electrons. The van der Waals surface area contributed by atoms with Gasteiger partial charge in [0.15, 0.2) is 34.5 Å². The first-order valence-corrected chi connectivity index (χ1v) is 35.9. The summed E-state index contributed by atoms with van der Waals surface area (Å²) < 4.78 is 150. The summed E-state index contributed by atoms with van der Waals surface area (Å²) in [6.45, 7) is 5.09. The van der Waals surface area contributed by atoms with Gasteiger partial charge in [0.1, 0.15) is 19.6 Å². The second-order valence-corrected chi connectivity index (χ2v) is 31.0. The van der Waals surface area contributed by atoms with Crippen LogP contribution in [0.3, 0.4) is 0 Å². The highest BCUT2D eigenvalue weighted by molar-refractivity contribution is 7.88. The van der Waals surface area contributed by atoms with E-state index in [4.69, 9.17) is 16.7 Å². The van der Waals surface area contributed by atoms with Gasteiger partial charge < -0.3 is 26.9 Å². The Morgan fingerprint density at radius 2 is 0.586 bits per heavy atom. The van der Waals surface area contributed by atoms with Crippen molar-refractivity contribution in [2.75, 3.05) is 0 Å². The van der Waals surface area contributed by atoms with Crippen molar-refractivity contribution in [3.05, 3.63) is 258 Å². The fourth-order valence-corrected chi connectivity index (χ4v) is 18.9. The quantitative estimate of drug-likeness (QED) is 0.0179. The van der Waals surface area contributed by atoms with Crippen LogP contribution in [0, 0.1) is 0 Å². The number of hydrogen-bond donors (Lipinski definition) is 2. The minimum Gasteiger partial charge on any atom is -0.504 e. The normalized spacial score (nSPS) is 17.1. The zero-order valence-electron chi connectivity index (χ0n) is 55.4. The molecule has 111 heavy (non-hydrogen) atoms. The van der Waals surface area contributed by atoms with Crippen LogP contribution >= 0.6 is 0 Å². The average Bonchev–Trinajstić information content (AvgIpc) is 1.50. The average molecular weight is 1580 g/mol. The summed E-state index contributed by atoms with van der Waals surface area (Å²) in [6.07, 6.45) is -1.61. The van der Waals surface area contributed by atoms with Crippen molar-refractivity contribution in [3.63, 3.8) is 0 Å². The fourth-order valence-electron chi connectivity index (χ4n) is 14.3. The summed E-state index contributed by atoms with van der Waals surface area (Å²) in [5.74, 6) is -21.1. The predicted octanol–water partition coefficient (Wildman–Crippen LogP) is 12.0. The van der Waals surface area contributed by atoms with E-state index in [-0.39, 0.29) is 0 Å². The van der Waals surface area contributed by atoms with E-state index < -0.39 is 282 Å². The minimum atomic E-state index is -6.24. The standard InChI is InChI=1S/C61H32N24O22S4/c1-59(2)19-61(39-37(59)26(17-25(86)53(39)91)104-108(96,97)29-13-5-9-21-33(29)41(70-78-62)45(74-82-66)54(92)49(21)87)20-60(3,4)38-27(105-109(98,99)30-14-6-10-22-34(30)42(71-79-63)46(75-83-67)55(93)50(22)88)18-28(106-110(100,101)31-15-7-11-23-35(31)43(72-80-64)47(76-84-68)56(94)51(23)89)58(40(38)61)107-111(102,103)32-16-8-12-24-36(32)44(73-81-65)48(77-85-69)57(95)52(24)90/h5-18,86,91H,19-20H2,1-4H3. The Kier molecular flexibility index (Phi) is 18.1. The minimum absolute atomic E-state index is 0.294. The van der Waals surface area contributed by atoms with E-state index in [1.54, 1.807) is 0 Å². The maximum atomic E-state index is 16.1. The van der Waals surface area contributed by atoms with Gasteiger partial charge >= 0.3 is 40.5 Å². The molecule has 552 valence electrons. The van der Waals surface area contributed by atoms with Gasteiger partial charge in [-0.1, -0.05) is 117 Å². The largest absolute Gasteiger partial charge is 0.504 e. The third-order valence-electron chi connectivity index (χ3n) is 17.9. The van der Waals surface area contributed by atoms with Gasteiger partial charge in [0.25, 0.3) is 0 Å². The van der Waals surface area contributed by atoms with Crippen LogP contribution < -0.4 is 16.7 Å². The molecule has 1 unspecified atom stereocenters. The molecule has 0 aromatic heterocycles. The molecular weight excluding hydrogens is 1550 g/mol. The van der Waals surface area contributed by atoms with E-state index in [0.29, 0.717) is 30.3 Å². The number of azide groups is 8. The van der Waals surface area contributed by atoms with E-state index >= 15 is 33.7 Å². The summed E-state index contributed by atoms with van der Waals surface area (Å²) in [7, 11) is -24.2. The molecule has 46 nitrogen and oxygen atoms in total. The van der Waals surface area contributed by atoms with Crippen molar-refractivity contribution in [2.24, 2.45) is 40.9 Å². The van der Waals surface area contributed by atoms with E-state index in [1.807, 2.05) is 0 Å². The molecule has 6 aliphatic rings.